The van der Waals surface area contributed by atoms with Crippen molar-refractivity contribution in [2.45, 2.75) is 39.0 Å². The first-order valence-corrected chi connectivity index (χ1v) is 8.38. The van der Waals surface area contributed by atoms with Crippen molar-refractivity contribution in [2.24, 2.45) is 17.1 Å². The summed E-state index contributed by atoms with van der Waals surface area (Å²) in [4.78, 5) is 24.8. The fourth-order valence-corrected chi connectivity index (χ4v) is 3.79. The van der Waals surface area contributed by atoms with Gasteiger partial charge in [0.2, 0.25) is 5.91 Å². The number of aliphatic hydroxyl groups is 1. The summed E-state index contributed by atoms with van der Waals surface area (Å²) >= 11 is 0. The van der Waals surface area contributed by atoms with Crippen LogP contribution in [-0.4, -0.2) is 16.9 Å². The summed E-state index contributed by atoms with van der Waals surface area (Å²) in [6, 6.07) is 10.8. The molecule has 1 unspecified atom stereocenters. The number of primary amides is 1. The van der Waals surface area contributed by atoms with Crippen molar-refractivity contribution in [2.75, 3.05) is 5.32 Å². The number of carbonyl (C=O) groups excluding carboxylic acids is 2. The highest BCUT2D eigenvalue weighted by Gasteiger charge is 2.49. The Hall–Kier alpha value is -2.81. The lowest BCUT2D eigenvalue weighted by atomic mass is 9.61. The van der Waals surface area contributed by atoms with Crippen molar-refractivity contribution in [1.29, 1.82) is 5.26 Å². The van der Waals surface area contributed by atoms with Crippen LogP contribution in [0, 0.1) is 22.7 Å². The summed E-state index contributed by atoms with van der Waals surface area (Å²) in [5, 5.41) is 22.5. The van der Waals surface area contributed by atoms with Crippen molar-refractivity contribution in [3.63, 3.8) is 0 Å². The SMILES string of the molecule is C/C(O)=C(\C(=O)Nc1ccccc1)C1(C(C#N)C(N)=O)CCCCC1. The van der Waals surface area contributed by atoms with Gasteiger partial charge < -0.3 is 16.2 Å². The van der Waals surface area contributed by atoms with E-state index in [1.165, 1.54) is 6.92 Å². The van der Waals surface area contributed by atoms with Gasteiger partial charge in [-0.15, -0.1) is 0 Å². The van der Waals surface area contributed by atoms with Gasteiger partial charge >= 0.3 is 0 Å². The van der Waals surface area contributed by atoms with Gasteiger partial charge in [-0.2, -0.15) is 5.26 Å². The maximum atomic E-state index is 12.9. The zero-order valence-electron chi connectivity index (χ0n) is 14.3. The van der Waals surface area contributed by atoms with Gasteiger partial charge in [0.05, 0.1) is 17.4 Å². The minimum absolute atomic E-state index is 0.0846. The number of benzene rings is 1. The minimum atomic E-state index is -1.16. The molecule has 6 heteroatoms. The molecule has 2 rings (SSSR count). The van der Waals surface area contributed by atoms with Crippen molar-refractivity contribution < 1.29 is 14.7 Å². The van der Waals surface area contributed by atoms with Crippen LogP contribution in [0.5, 0.6) is 0 Å². The van der Waals surface area contributed by atoms with E-state index in [0.717, 1.165) is 19.3 Å². The summed E-state index contributed by atoms with van der Waals surface area (Å²) < 4.78 is 0. The van der Waals surface area contributed by atoms with E-state index in [1.807, 2.05) is 12.1 Å². The van der Waals surface area contributed by atoms with Gasteiger partial charge in [-0.25, -0.2) is 0 Å². The Kier molecular flexibility index (Phi) is 5.81. The van der Waals surface area contributed by atoms with Gasteiger partial charge in [-0.05, 0) is 31.9 Å². The molecule has 6 nitrogen and oxygen atoms in total. The summed E-state index contributed by atoms with van der Waals surface area (Å²) in [6.07, 6.45) is 3.41. The zero-order chi connectivity index (χ0) is 18.4. The molecule has 1 aromatic carbocycles. The van der Waals surface area contributed by atoms with Crippen LogP contribution in [0.4, 0.5) is 5.69 Å². The summed E-state index contributed by atoms with van der Waals surface area (Å²) in [6.45, 7) is 1.41. The van der Waals surface area contributed by atoms with E-state index in [1.54, 1.807) is 24.3 Å². The topological polar surface area (TPSA) is 116 Å². The van der Waals surface area contributed by atoms with Gasteiger partial charge in [0, 0.05) is 11.1 Å². The Labute approximate surface area is 147 Å². The van der Waals surface area contributed by atoms with Crippen molar-refractivity contribution >= 4 is 17.5 Å². The monoisotopic (exact) mass is 341 g/mol. The van der Waals surface area contributed by atoms with Crippen LogP contribution in [-0.2, 0) is 9.59 Å². The second-order valence-corrected chi connectivity index (χ2v) is 6.46. The highest BCUT2D eigenvalue weighted by Crippen LogP contribution is 2.49. The van der Waals surface area contributed by atoms with Crippen LogP contribution in [0.25, 0.3) is 0 Å². The normalized spacial score (nSPS) is 18.4. The van der Waals surface area contributed by atoms with E-state index < -0.39 is 23.1 Å². The molecule has 25 heavy (non-hydrogen) atoms. The Balaban J connectivity index is 2.47. The quantitative estimate of drug-likeness (QED) is 0.563. The molecule has 1 saturated carbocycles. The van der Waals surface area contributed by atoms with Gasteiger partial charge in [0.25, 0.3) is 5.91 Å². The number of nitrogens with one attached hydrogen (secondary N) is 1. The first-order chi connectivity index (χ1) is 11.9. The summed E-state index contributed by atoms with van der Waals surface area (Å²) in [5.41, 5.74) is 5.06. The zero-order valence-corrected chi connectivity index (χ0v) is 14.3. The molecule has 0 saturated heterocycles. The molecule has 1 fully saturated rings. The fraction of sp³-hybridized carbons (Fsp3) is 0.421. The molecule has 0 aromatic heterocycles. The molecule has 0 bridgehead atoms. The number of para-hydroxylation sites is 1. The molecule has 1 aliphatic carbocycles. The smallest absolute Gasteiger partial charge is 0.255 e. The molecule has 0 spiro atoms. The second kappa shape index (κ2) is 7.84. The van der Waals surface area contributed by atoms with E-state index in [9.17, 15) is 20.0 Å². The van der Waals surface area contributed by atoms with Gasteiger partial charge in [-0.1, -0.05) is 37.5 Å². The van der Waals surface area contributed by atoms with Crippen molar-refractivity contribution in [1.82, 2.24) is 0 Å². The Bertz CT molecular complexity index is 709. The Morgan fingerprint density at radius 3 is 2.32 bits per heavy atom. The summed E-state index contributed by atoms with van der Waals surface area (Å²) in [5.74, 6) is -2.62. The molecule has 132 valence electrons. The number of anilines is 1. The van der Waals surface area contributed by atoms with E-state index >= 15 is 0 Å². The third-order valence-electron chi connectivity index (χ3n) is 4.83. The number of hydrogen-bond donors (Lipinski definition) is 3. The molecular formula is C19H23N3O3. The standard InChI is InChI=1S/C19H23N3O3/c1-13(23)16(18(25)22-14-8-4-2-5-9-14)19(10-6-3-7-11-19)15(12-20)17(21)24/h2,4-5,8-9,15,23H,3,6-7,10-11H2,1H3,(H2,21,24)(H,22,25)/b16-13-. The lowest BCUT2D eigenvalue weighted by molar-refractivity contribution is -0.124. The van der Waals surface area contributed by atoms with Gasteiger partial charge in [0.1, 0.15) is 5.92 Å². The third kappa shape index (κ3) is 3.82. The maximum Gasteiger partial charge on any atom is 0.255 e. The number of nitrogens with two attached hydrogens (primary N) is 1. The molecule has 0 aliphatic heterocycles. The first kappa shape index (κ1) is 18.5. The molecule has 1 aromatic rings. The Morgan fingerprint density at radius 1 is 1.24 bits per heavy atom. The summed E-state index contributed by atoms with van der Waals surface area (Å²) in [7, 11) is 0. The van der Waals surface area contributed by atoms with Gasteiger partial charge in [0.15, 0.2) is 0 Å². The number of nitrogens with zero attached hydrogens (tertiary/aromatic N) is 1. The van der Waals surface area contributed by atoms with E-state index in [4.69, 9.17) is 5.73 Å². The lowest BCUT2D eigenvalue weighted by Crippen LogP contribution is -2.45. The van der Waals surface area contributed by atoms with Gasteiger partial charge in [-0.3, -0.25) is 9.59 Å². The fourth-order valence-electron chi connectivity index (χ4n) is 3.79. The number of rotatable bonds is 5. The number of amides is 2. The highest BCUT2D eigenvalue weighted by atomic mass is 16.3. The van der Waals surface area contributed by atoms with Crippen LogP contribution in [0.15, 0.2) is 41.7 Å². The average molecular weight is 341 g/mol. The third-order valence-corrected chi connectivity index (χ3v) is 4.83. The Morgan fingerprint density at radius 2 is 1.84 bits per heavy atom. The van der Waals surface area contributed by atoms with Crippen LogP contribution >= 0.6 is 0 Å². The number of allylic oxidation sites excluding steroid dienone is 1. The highest BCUT2D eigenvalue weighted by molar-refractivity contribution is 6.05. The van der Waals surface area contributed by atoms with E-state index in [-0.39, 0.29) is 11.3 Å². The predicted octanol–water partition coefficient (Wildman–Crippen LogP) is 3.03. The van der Waals surface area contributed by atoms with Crippen molar-refractivity contribution in [3.8, 4) is 6.07 Å². The minimum Gasteiger partial charge on any atom is -0.512 e. The van der Waals surface area contributed by atoms with Crippen LogP contribution in [0.3, 0.4) is 0 Å². The first-order valence-electron chi connectivity index (χ1n) is 8.38. The maximum absolute atomic E-state index is 12.9. The number of aliphatic hydroxyl groups excluding tert-OH is 1. The van der Waals surface area contributed by atoms with Crippen LogP contribution in [0.2, 0.25) is 0 Å². The lowest BCUT2D eigenvalue weighted by Gasteiger charge is -2.41. The van der Waals surface area contributed by atoms with E-state index in [2.05, 4.69) is 5.32 Å². The number of carbonyl (C=O) groups is 2. The molecule has 4 N–H and O–H groups in total. The largest absolute Gasteiger partial charge is 0.512 e. The molecule has 0 radical (unpaired) electrons. The number of nitriles is 1. The molecule has 2 amide bonds. The molecule has 0 heterocycles. The second-order valence-electron chi connectivity index (χ2n) is 6.46. The van der Waals surface area contributed by atoms with Crippen molar-refractivity contribution in [3.05, 3.63) is 41.7 Å². The number of hydrogen-bond acceptors (Lipinski definition) is 4. The average Bonchev–Trinajstić information content (AvgIpc) is 2.56. The molecular weight excluding hydrogens is 318 g/mol. The van der Waals surface area contributed by atoms with Crippen LogP contribution < -0.4 is 11.1 Å². The molecule has 1 aliphatic rings. The predicted molar refractivity (Wildman–Crippen MR) is 94.2 cm³/mol. The molecule has 1 atom stereocenters. The van der Waals surface area contributed by atoms with E-state index in [0.29, 0.717) is 18.5 Å². The van der Waals surface area contributed by atoms with Crippen LogP contribution in [0.1, 0.15) is 39.0 Å².